The molecule has 0 radical (unpaired) electrons. The average molecular weight is 238 g/mol. The normalized spacial score (nSPS) is 41.5. The molecule has 0 saturated heterocycles. The molecular weight excluding hydrogens is 212 g/mol. The lowest BCUT2D eigenvalue weighted by Gasteiger charge is -2.54. The molecule has 2 saturated carbocycles. The van der Waals surface area contributed by atoms with E-state index in [2.05, 4.69) is 20.8 Å². The summed E-state index contributed by atoms with van der Waals surface area (Å²) in [4.78, 5) is 11.1. The van der Waals surface area contributed by atoms with E-state index in [1.165, 1.54) is 39.0 Å². The minimum atomic E-state index is -0.128. The Balaban J connectivity index is 2.05. The van der Waals surface area contributed by atoms with E-state index in [1.54, 1.807) is 0 Å². The van der Waals surface area contributed by atoms with Crippen molar-refractivity contribution in [2.24, 2.45) is 23.2 Å². The van der Waals surface area contributed by atoms with Gasteiger partial charge in [-0.2, -0.15) is 0 Å². The summed E-state index contributed by atoms with van der Waals surface area (Å²) >= 11 is 0. The average Bonchev–Trinajstić information content (AvgIpc) is 2.52. The highest BCUT2D eigenvalue weighted by Gasteiger charge is 2.60. The number of hydrogen-bond acceptors (Lipinski definition) is 2. The molecule has 2 aliphatic rings. The predicted octanol–water partition coefficient (Wildman–Crippen LogP) is 3.79. The van der Waals surface area contributed by atoms with Crippen molar-refractivity contribution in [3.8, 4) is 0 Å². The zero-order chi connectivity index (χ0) is 12.6. The lowest BCUT2D eigenvalue weighted by atomic mass is 9.51. The first kappa shape index (κ1) is 12.9. The molecule has 0 aromatic rings. The number of carbonyl (C=O) groups is 1. The summed E-state index contributed by atoms with van der Waals surface area (Å²) < 4.78 is 5.42. The van der Waals surface area contributed by atoms with Crippen molar-refractivity contribution >= 4 is 5.97 Å². The molecule has 0 amide bonds. The third-order valence-electron chi connectivity index (χ3n) is 5.53. The summed E-state index contributed by atoms with van der Waals surface area (Å²) in [5.41, 5.74) is 0.496. The number of ether oxygens (including phenoxy) is 1. The largest absolute Gasteiger partial charge is 0.463 e. The topological polar surface area (TPSA) is 26.3 Å². The Labute approximate surface area is 105 Å². The fraction of sp³-hybridized carbons (Fsp3) is 0.933. The van der Waals surface area contributed by atoms with Crippen LogP contribution in [0.2, 0.25) is 0 Å². The fourth-order valence-corrected chi connectivity index (χ4v) is 4.60. The lowest BCUT2D eigenvalue weighted by Crippen LogP contribution is -2.51. The van der Waals surface area contributed by atoms with Crippen molar-refractivity contribution in [1.29, 1.82) is 0 Å². The van der Waals surface area contributed by atoms with Gasteiger partial charge < -0.3 is 4.74 Å². The molecular formula is C15H26O2. The third-order valence-corrected chi connectivity index (χ3v) is 5.53. The molecule has 2 heteroatoms. The quantitative estimate of drug-likeness (QED) is 0.696. The van der Waals surface area contributed by atoms with E-state index in [-0.39, 0.29) is 12.1 Å². The lowest BCUT2D eigenvalue weighted by molar-refractivity contribution is -0.162. The first-order valence-electron chi connectivity index (χ1n) is 7.20. The van der Waals surface area contributed by atoms with E-state index in [1.807, 2.05) is 0 Å². The molecule has 4 unspecified atom stereocenters. The summed E-state index contributed by atoms with van der Waals surface area (Å²) in [7, 11) is 0. The minimum Gasteiger partial charge on any atom is -0.463 e. The van der Waals surface area contributed by atoms with Crippen LogP contribution in [0.4, 0.5) is 0 Å². The Morgan fingerprint density at radius 1 is 1.41 bits per heavy atom. The molecule has 0 aromatic heterocycles. The molecule has 2 fully saturated rings. The Kier molecular flexibility index (Phi) is 3.51. The third kappa shape index (κ3) is 2.00. The molecule has 0 aliphatic heterocycles. The number of hydrogen-bond donors (Lipinski definition) is 0. The van der Waals surface area contributed by atoms with E-state index >= 15 is 0 Å². The maximum absolute atomic E-state index is 11.1. The van der Waals surface area contributed by atoms with Crippen LogP contribution in [0.1, 0.15) is 59.8 Å². The Morgan fingerprint density at radius 2 is 2.12 bits per heavy atom. The van der Waals surface area contributed by atoms with E-state index in [0.717, 1.165) is 11.8 Å². The smallest absolute Gasteiger partial charge is 0.302 e. The zero-order valence-corrected chi connectivity index (χ0v) is 11.7. The highest BCUT2D eigenvalue weighted by Crippen LogP contribution is 2.66. The van der Waals surface area contributed by atoms with E-state index < -0.39 is 0 Å². The number of carbonyl (C=O) groups excluding carboxylic acids is 1. The van der Waals surface area contributed by atoms with Crippen molar-refractivity contribution in [3.05, 3.63) is 0 Å². The molecule has 0 aromatic carbocycles. The van der Waals surface area contributed by atoms with Gasteiger partial charge in [0, 0.05) is 12.8 Å². The van der Waals surface area contributed by atoms with Crippen LogP contribution >= 0.6 is 0 Å². The monoisotopic (exact) mass is 238 g/mol. The SMILES string of the molecule is CCC1CC2CC([C@@H](C)OC(C)=O)C2(CC)C1. The second kappa shape index (κ2) is 4.62. The van der Waals surface area contributed by atoms with Crippen molar-refractivity contribution in [3.63, 3.8) is 0 Å². The van der Waals surface area contributed by atoms with E-state index in [4.69, 9.17) is 4.74 Å². The molecule has 2 aliphatic carbocycles. The van der Waals surface area contributed by atoms with Gasteiger partial charge in [-0.15, -0.1) is 0 Å². The van der Waals surface area contributed by atoms with Crippen LogP contribution in [0.5, 0.6) is 0 Å². The molecule has 2 rings (SSSR count). The zero-order valence-electron chi connectivity index (χ0n) is 11.7. The minimum absolute atomic E-state index is 0.110. The Bertz CT molecular complexity index is 299. The first-order valence-corrected chi connectivity index (χ1v) is 7.20. The van der Waals surface area contributed by atoms with Crippen molar-refractivity contribution in [2.75, 3.05) is 0 Å². The maximum Gasteiger partial charge on any atom is 0.302 e. The highest BCUT2D eigenvalue weighted by molar-refractivity contribution is 5.66. The van der Waals surface area contributed by atoms with E-state index in [0.29, 0.717) is 11.3 Å². The molecule has 0 spiro atoms. The molecule has 17 heavy (non-hydrogen) atoms. The fourth-order valence-electron chi connectivity index (χ4n) is 4.60. The highest BCUT2D eigenvalue weighted by atomic mass is 16.5. The van der Waals surface area contributed by atoms with Gasteiger partial charge in [-0.25, -0.2) is 0 Å². The van der Waals surface area contributed by atoms with E-state index in [9.17, 15) is 4.79 Å². The number of esters is 1. The molecule has 2 nitrogen and oxygen atoms in total. The second-order valence-electron chi connectivity index (χ2n) is 6.15. The van der Waals surface area contributed by atoms with Crippen LogP contribution in [-0.2, 0) is 9.53 Å². The Morgan fingerprint density at radius 3 is 2.65 bits per heavy atom. The van der Waals surface area contributed by atoms with Crippen LogP contribution in [-0.4, -0.2) is 12.1 Å². The van der Waals surface area contributed by atoms with Crippen molar-refractivity contribution < 1.29 is 9.53 Å². The van der Waals surface area contributed by atoms with Gasteiger partial charge in [0.05, 0.1) is 0 Å². The van der Waals surface area contributed by atoms with Gasteiger partial charge in [-0.1, -0.05) is 20.3 Å². The molecule has 98 valence electrons. The summed E-state index contributed by atoms with van der Waals surface area (Å²) in [6.45, 7) is 8.23. The van der Waals surface area contributed by atoms with Crippen molar-refractivity contribution in [1.82, 2.24) is 0 Å². The van der Waals surface area contributed by atoms with Gasteiger partial charge in [-0.3, -0.25) is 4.79 Å². The van der Waals surface area contributed by atoms with Gasteiger partial charge in [0.1, 0.15) is 6.10 Å². The van der Waals surface area contributed by atoms with Gasteiger partial charge >= 0.3 is 5.97 Å². The summed E-state index contributed by atoms with van der Waals surface area (Å²) in [6.07, 6.45) is 6.73. The predicted molar refractivity (Wildman–Crippen MR) is 68.6 cm³/mol. The maximum atomic E-state index is 11.1. The standard InChI is InChI=1S/C15H26O2/c1-5-12-7-13-8-14(10(3)17-11(4)16)15(13,6-2)9-12/h10,12-14H,5-9H2,1-4H3/t10-,12?,13?,14?,15?/m1/s1. The van der Waals surface area contributed by atoms with Gasteiger partial charge in [-0.05, 0) is 49.9 Å². The second-order valence-corrected chi connectivity index (χ2v) is 6.15. The summed E-state index contributed by atoms with van der Waals surface area (Å²) in [6, 6.07) is 0. The van der Waals surface area contributed by atoms with Crippen molar-refractivity contribution in [2.45, 2.75) is 65.9 Å². The van der Waals surface area contributed by atoms with Crippen LogP contribution in [0.3, 0.4) is 0 Å². The van der Waals surface area contributed by atoms with Gasteiger partial charge in [0.25, 0.3) is 0 Å². The van der Waals surface area contributed by atoms with Gasteiger partial charge in [0.2, 0.25) is 0 Å². The van der Waals surface area contributed by atoms with Crippen LogP contribution < -0.4 is 0 Å². The van der Waals surface area contributed by atoms with Crippen LogP contribution in [0.15, 0.2) is 0 Å². The summed E-state index contributed by atoms with van der Waals surface area (Å²) in [5.74, 6) is 2.30. The van der Waals surface area contributed by atoms with Crippen LogP contribution in [0, 0.1) is 23.2 Å². The first-order chi connectivity index (χ1) is 8.03. The van der Waals surface area contributed by atoms with Gasteiger partial charge in [0.15, 0.2) is 0 Å². The van der Waals surface area contributed by atoms with Crippen LogP contribution in [0.25, 0.3) is 0 Å². The molecule has 0 N–H and O–H groups in total. The number of fused-ring (bicyclic) bond motifs is 1. The molecule has 0 heterocycles. The number of rotatable bonds is 4. The summed E-state index contributed by atoms with van der Waals surface area (Å²) in [5, 5.41) is 0. The molecule has 5 atom stereocenters. The molecule has 0 bridgehead atoms. The Hall–Kier alpha value is -0.530.